The van der Waals surface area contributed by atoms with Gasteiger partial charge in [-0.25, -0.2) is 8.91 Å². The monoisotopic (exact) mass is 263 g/mol. The topological polar surface area (TPSA) is 59.5 Å². The summed E-state index contributed by atoms with van der Waals surface area (Å²) in [5.41, 5.74) is 6.53. The third-order valence-corrected chi connectivity index (χ3v) is 3.90. The Labute approximate surface area is 111 Å². The Kier molecular flexibility index (Phi) is 3.10. The number of anilines is 1. The molecule has 6 heteroatoms. The Balaban J connectivity index is 1.98. The number of fused-ring (bicyclic) bond motifs is 1. The predicted molar refractivity (Wildman–Crippen MR) is 71.5 cm³/mol. The molecule has 3 heterocycles. The first kappa shape index (κ1) is 12.3. The van der Waals surface area contributed by atoms with Crippen molar-refractivity contribution in [3.8, 4) is 0 Å². The van der Waals surface area contributed by atoms with Crippen LogP contribution in [0.2, 0.25) is 0 Å². The van der Waals surface area contributed by atoms with Gasteiger partial charge in [-0.2, -0.15) is 4.98 Å². The predicted octanol–water partition coefficient (Wildman–Crippen LogP) is 1.43. The average Bonchev–Trinajstić information content (AvgIpc) is 2.81. The second kappa shape index (κ2) is 4.77. The van der Waals surface area contributed by atoms with Crippen molar-refractivity contribution in [3.05, 3.63) is 24.1 Å². The number of piperidine rings is 1. The molecule has 102 valence electrons. The molecule has 1 saturated heterocycles. The summed E-state index contributed by atoms with van der Waals surface area (Å²) in [7, 11) is 0. The quantitative estimate of drug-likeness (QED) is 0.890. The molecule has 2 aromatic rings. The fourth-order valence-electron chi connectivity index (χ4n) is 2.82. The summed E-state index contributed by atoms with van der Waals surface area (Å²) in [6.45, 7) is 3.70. The molecule has 5 nitrogen and oxygen atoms in total. The van der Waals surface area contributed by atoms with Crippen LogP contribution in [0.5, 0.6) is 0 Å². The highest BCUT2D eigenvalue weighted by Crippen LogP contribution is 2.26. The van der Waals surface area contributed by atoms with Gasteiger partial charge in [-0.1, -0.05) is 6.92 Å². The summed E-state index contributed by atoms with van der Waals surface area (Å²) in [5.74, 6) is 0.862. The highest BCUT2D eigenvalue weighted by molar-refractivity contribution is 5.45. The number of nitrogens with zero attached hydrogens (tertiary/aromatic N) is 4. The summed E-state index contributed by atoms with van der Waals surface area (Å²) in [6, 6.07) is 3.29. The number of hydrogen-bond acceptors (Lipinski definition) is 4. The lowest BCUT2D eigenvalue weighted by Gasteiger charge is -2.38. The van der Waals surface area contributed by atoms with Gasteiger partial charge in [-0.15, -0.1) is 5.10 Å². The van der Waals surface area contributed by atoms with Crippen LogP contribution in [0, 0.1) is 11.7 Å². The van der Waals surface area contributed by atoms with Crippen molar-refractivity contribution in [2.45, 2.75) is 25.8 Å². The van der Waals surface area contributed by atoms with E-state index in [9.17, 15) is 4.39 Å². The first-order valence-corrected chi connectivity index (χ1v) is 6.67. The van der Waals surface area contributed by atoms with Crippen molar-refractivity contribution in [1.82, 2.24) is 14.6 Å². The van der Waals surface area contributed by atoms with Gasteiger partial charge >= 0.3 is 0 Å². The largest absolute Gasteiger partial charge is 0.335 e. The fraction of sp³-hybridized carbons (Fsp3) is 0.538. The molecule has 2 unspecified atom stereocenters. The molecule has 1 aliphatic rings. The maximum Gasteiger partial charge on any atom is 0.245 e. The van der Waals surface area contributed by atoms with Gasteiger partial charge < -0.3 is 10.6 Å². The lowest BCUT2D eigenvalue weighted by atomic mass is 9.91. The number of halogens is 1. The zero-order chi connectivity index (χ0) is 13.4. The Morgan fingerprint density at radius 1 is 1.47 bits per heavy atom. The summed E-state index contributed by atoms with van der Waals surface area (Å²) in [4.78, 5) is 6.62. The van der Waals surface area contributed by atoms with E-state index in [2.05, 4.69) is 21.9 Å². The van der Waals surface area contributed by atoms with E-state index in [1.165, 1.54) is 23.2 Å². The SMILES string of the molecule is CC1CCCN(c2nc3ccc(F)cn3n2)C1CN. The minimum Gasteiger partial charge on any atom is -0.335 e. The Morgan fingerprint density at radius 2 is 2.32 bits per heavy atom. The minimum absolute atomic E-state index is 0.260. The highest BCUT2D eigenvalue weighted by Gasteiger charge is 2.29. The standard InChI is InChI=1S/C13H18FN5/c1-9-3-2-6-18(11(9)7-15)13-16-12-5-4-10(14)8-19(12)17-13/h4-5,8-9,11H,2-3,6-7,15H2,1H3. The molecule has 19 heavy (non-hydrogen) atoms. The van der Waals surface area contributed by atoms with Crippen LogP contribution in [0.3, 0.4) is 0 Å². The molecule has 1 aliphatic heterocycles. The van der Waals surface area contributed by atoms with Crippen molar-refractivity contribution in [3.63, 3.8) is 0 Å². The van der Waals surface area contributed by atoms with Crippen molar-refractivity contribution in [2.24, 2.45) is 11.7 Å². The van der Waals surface area contributed by atoms with Gasteiger partial charge in [0.2, 0.25) is 5.95 Å². The second-order valence-corrected chi connectivity index (χ2v) is 5.18. The molecule has 2 atom stereocenters. The molecule has 0 amide bonds. The van der Waals surface area contributed by atoms with E-state index in [1.54, 1.807) is 6.07 Å². The molecule has 2 N–H and O–H groups in total. The molecule has 0 spiro atoms. The van der Waals surface area contributed by atoms with Crippen LogP contribution in [0.1, 0.15) is 19.8 Å². The van der Waals surface area contributed by atoms with Crippen LogP contribution in [0.25, 0.3) is 5.65 Å². The Hall–Kier alpha value is -1.69. The molecule has 0 aromatic carbocycles. The number of aromatic nitrogens is 3. The van der Waals surface area contributed by atoms with Crippen molar-refractivity contribution in [2.75, 3.05) is 18.0 Å². The van der Waals surface area contributed by atoms with Crippen LogP contribution >= 0.6 is 0 Å². The van der Waals surface area contributed by atoms with Gasteiger partial charge in [0, 0.05) is 19.1 Å². The van der Waals surface area contributed by atoms with Crippen molar-refractivity contribution in [1.29, 1.82) is 0 Å². The fourth-order valence-corrected chi connectivity index (χ4v) is 2.82. The van der Waals surface area contributed by atoms with E-state index >= 15 is 0 Å². The molecule has 0 saturated carbocycles. The van der Waals surface area contributed by atoms with E-state index in [1.807, 2.05) is 0 Å². The van der Waals surface area contributed by atoms with E-state index in [0.717, 1.165) is 13.0 Å². The summed E-state index contributed by atoms with van der Waals surface area (Å²) in [6.07, 6.45) is 3.64. The Morgan fingerprint density at radius 3 is 3.11 bits per heavy atom. The molecular weight excluding hydrogens is 245 g/mol. The maximum absolute atomic E-state index is 13.2. The molecule has 3 rings (SSSR count). The first-order chi connectivity index (χ1) is 9.19. The smallest absolute Gasteiger partial charge is 0.245 e. The van der Waals surface area contributed by atoms with Gasteiger partial charge in [0.05, 0.1) is 6.20 Å². The van der Waals surface area contributed by atoms with Crippen molar-refractivity contribution < 1.29 is 4.39 Å². The van der Waals surface area contributed by atoms with Gasteiger partial charge in [0.25, 0.3) is 0 Å². The lowest BCUT2D eigenvalue weighted by molar-refractivity contribution is 0.346. The molecule has 2 aromatic heterocycles. The van der Waals surface area contributed by atoms with Crippen LogP contribution in [-0.4, -0.2) is 33.7 Å². The molecule has 0 aliphatic carbocycles. The van der Waals surface area contributed by atoms with E-state index in [0.29, 0.717) is 24.1 Å². The lowest BCUT2D eigenvalue weighted by Crippen LogP contribution is -2.49. The maximum atomic E-state index is 13.2. The highest BCUT2D eigenvalue weighted by atomic mass is 19.1. The van der Waals surface area contributed by atoms with Gasteiger partial charge in [0.1, 0.15) is 5.82 Å². The second-order valence-electron chi connectivity index (χ2n) is 5.18. The van der Waals surface area contributed by atoms with Crippen LogP contribution < -0.4 is 10.6 Å². The number of hydrogen-bond donors (Lipinski definition) is 1. The first-order valence-electron chi connectivity index (χ1n) is 6.67. The van der Waals surface area contributed by atoms with Crippen LogP contribution in [-0.2, 0) is 0 Å². The Bertz CT molecular complexity index is 581. The zero-order valence-corrected chi connectivity index (χ0v) is 11.0. The number of nitrogens with two attached hydrogens (primary N) is 1. The zero-order valence-electron chi connectivity index (χ0n) is 11.0. The van der Waals surface area contributed by atoms with Gasteiger partial charge in [0.15, 0.2) is 5.65 Å². The summed E-state index contributed by atoms with van der Waals surface area (Å²) in [5, 5.41) is 4.37. The number of rotatable bonds is 2. The molecule has 0 bridgehead atoms. The summed E-state index contributed by atoms with van der Waals surface area (Å²) < 4.78 is 14.7. The summed E-state index contributed by atoms with van der Waals surface area (Å²) >= 11 is 0. The average molecular weight is 263 g/mol. The normalized spacial score (nSPS) is 24.1. The molecular formula is C13H18FN5. The minimum atomic E-state index is -0.314. The van der Waals surface area contributed by atoms with Crippen molar-refractivity contribution >= 4 is 11.6 Å². The van der Waals surface area contributed by atoms with E-state index < -0.39 is 0 Å². The number of pyridine rings is 1. The third-order valence-electron chi connectivity index (χ3n) is 3.90. The van der Waals surface area contributed by atoms with Crippen LogP contribution in [0.4, 0.5) is 10.3 Å². The van der Waals surface area contributed by atoms with Gasteiger partial charge in [-0.3, -0.25) is 0 Å². The van der Waals surface area contributed by atoms with E-state index in [4.69, 9.17) is 5.73 Å². The van der Waals surface area contributed by atoms with Gasteiger partial charge in [-0.05, 0) is 30.9 Å². The molecule has 0 radical (unpaired) electrons. The molecule has 1 fully saturated rings. The third kappa shape index (κ3) is 2.16. The van der Waals surface area contributed by atoms with Crippen LogP contribution in [0.15, 0.2) is 18.3 Å². The van der Waals surface area contributed by atoms with E-state index in [-0.39, 0.29) is 11.9 Å².